The zero-order chi connectivity index (χ0) is 12.5. The molecular weight excluding hydrogens is 266 g/mol. The zero-order valence-corrected chi connectivity index (χ0v) is 12.0. The van der Waals surface area contributed by atoms with Gasteiger partial charge < -0.3 is 15.1 Å². The van der Waals surface area contributed by atoms with Crippen LogP contribution in [0.15, 0.2) is 0 Å². The number of halogens is 1. The molecule has 3 fully saturated rings. The average Bonchev–Trinajstić information content (AvgIpc) is 3.07. The van der Waals surface area contributed by atoms with Crippen molar-refractivity contribution in [3.8, 4) is 0 Å². The molecule has 1 N–H and O–H groups in total. The van der Waals surface area contributed by atoms with Crippen LogP contribution < -0.4 is 5.32 Å². The second-order valence-corrected chi connectivity index (χ2v) is 5.63. The molecule has 3 aliphatic rings. The molecule has 2 saturated heterocycles. The molecule has 0 spiro atoms. The third kappa shape index (κ3) is 3.39. The van der Waals surface area contributed by atoms with Gasteiger partial charge in [0, 0.05) is 31.6 Å². The standard InChI is InChI=1S/C13H21N3O2.ClH/c17-12(8-10-2-1-5-14-10)15-6-7-16(11-3-4-11)13(18)9-15;/h10-11,14H,1-9H2;1H. The zero-order valence-electron chi connectivity index (χ0n) is 11.1. The molecule has 6 heteroatoms. The third-order valence-electron chi connectivity index (χ3n) is 4.18. The van der Waals surface area contributed by atoms with Crippen LogP contribution in [-0.2, 0) is 9.59 Å². The van der Waals surface area contributed by atoms with Crippen LogP contribution in [0, 0.1) is 0 Å². The van der Waals surface area contributed by atoms with Crippen molar-refractivity contribution in [3.05, 3.63) is 0 Å². The molecule has 2 aliphatic heterocycles. The fraction of sp³-hybridized carbons (Fsp3) is 0.846. The number of nitrogens with one attached hydrogen (secondary N) is 1. The van der Waals surface area contributed by atoms with Gasteiger partial charge in [0.25, 0.3) is 0 Å². The molecule has 3 rings (SSSR count). The van der Waals surface area contributed by atoms with E-state index in [1.807, 2.05) is 4.90 Å². The lowest BCUT2D eigenvalue weighted by molar-refractivity contribution is -0.145. The van der Waals surface area contributed by atoms with Gasteiger partial charge in [-0.05, 0) is 32.2 Å². The highest BCUT2D eigenvalue weighted by Gasteiger charge is 2.37. The minimum absolute atomic E-state index is 0. The Bertz CT molecular complexity index is 354. The smallest absolute Gasteiger partial charge is 0.242 e. The van der Waals surface area contributed by atoms with Crippen molar-refractivity contribution in [1.82, 2.24) is 15.1 Å². The van der Waals surface area contributed by atoms with Crippen LogP contribution in [0.1, 0.15) is 32.1 Å². The van der Waals surface area contributed by atoms with Crippen molar-refractivity contribution in [2.24, 2.45) is 0 Å². The third-order valence-corrected chi connectivity index (χ3v) is 4.18. The maximum atomic E-state index is 12.1. The van der Waals surface area contributed by atoms with E-state index in [1.165, 1.54) is 0 Å². The molecule has 2 amide bonds. The number of rotatable bonds is 3. The summed E-state index contributed by atoms with van der Waals surface area (Å²) in [5.41, 5.74) is 0. The molecular formula is C13H22ClN3O2. The number of piperazine rings is 1. The van der Waals surface area contributed by atoms with E-state index in [0.29, 0.717) is 31.6 Å². The second kappa shape index (κ2) is 6.09. The Morgan fingerprint density at radius 1 is 1.26 bits per heavy atom. The molecule has 19 heavy (non-hydrogen) atoms. The van der Waals surface area contributed by atoms with Gasteiger partial charge in [-0.25, -0.2) is 0 Å². The number of nitrogens with zero attached hydrogens (tertiary/aromatic N) is 2. The Kier molecular flexibility index (Phi) is 4.68. The summed E-state index contributed by atoms with van der Waals surface area (Å²) in [7, 11) is 0. The van der Waals surface area contributed by atoms with Gasteiger partial charge in [-0.1, -0.05) is 0 Å². The van der Waals surface area contributed by atoms with Gasteiger partial charge in [-0.15, -0.1) is 12.4 Å². The Morgan fingerprint density at radius 2 is 2.05 bits per heavy atom. The number of hydrogen-bond acceptors (Lipinski definition) is 3. The minimum Gasteiger partial charge on any atom is -0.336 e. The average molecular weight is 288 g/mol. The summed E-state index contributed by atoms with van der Waals surface area (Å²) < 4.78 is 0. The quantitative estimate of drug-likeness (QED) is 0.817. The fourth-order valence-corrected chi connectivity index (χ4v) is 2.94. The molecule has 1 unspecified atom stereocenters. The van der Waals surface area contributed by atoms with Crippen LogP contribution in [-0.4, -0.2) is 59.9 Å². The Balaban J connectivity index is 0.00000133. The van der Waals surface area contributed by atoms with Crippen LogP contribution >= 0.6 is 12.4 Å². The predicted octanol–water partition coefficient (Wildman–Crippen LogP) is 0.384. The summed E-state index contributed by atoms with van der Waals surface area (Å²) in [4.78, 5) is 27.7. The molecule has 1 atom stereocenters. The summed E-state index contributed by atoms with van der Waals surface area (Å²) in [6.45, 7) is 2.76. The van der Waals surface area contributed by atoms with Crippen molar-refractivity contribution in [1.29, 1.82) is 0 Å². The molecule has 0 bridgehead atoms. The summed E-state index contributed by atoms with van der Waals surface area (Å²) in [5.74, 6) is 0.273. The first kappa shape index (κ1) is 14.6. The van der Waals surface area contributed by atoms with Gasteiger partial charge in [-0.3, -0.25) is 9.59 Å². The lowest BCUT2D eigenvalue weighted by Crippen LogP contribution is -2.53. The van der Waals surface area contributed by atoms with E-state index in [-0.39, 0.29) is 24.2 Å². The van der Waals surface area contributed by atoms with Crippen molar-refractivity contribution >= 4 is 24.2 Å². The summed E-state index contributed by atoms with van der Waals surface area (Å²) >= 11 is 0. The predicted molar refractivity (Wildman–Crippen MR) is 74.2 cm³/mol. The molecule has 1 aliphatic carbocycles. The fourth-order valence-electron chi connectivity index (χ4n) is 2.94. The van der Waals surface area contributed by atoms with E-state index < -0.39 is 0 Å². The lowest BCUT2D eigenvalue weighted by Gasteiger charge is -2.35. The summed E-state index contributed by atoms with van der Waals surface area (Å²) in [5, 5.41) is 3.33. The molecule has 0 aromatic carbocycles. The molecule has 0 radical (unpaired) electrons. The van der Waals surface area contributed by atoms with Crippen molar-refractivity contribution in [2.45, 2.75) is 44.2 Å². The number of carbonyl (C=O) groups is 2. The molecule has 108 valence electrons. The van der Waals surface area contributed by atoms with E-state index in [2.05, 4.69) is 5.32 Å². The van der Waals surface area contributed by atoms with Crippen LogP contribution in [0.3, 0.4) is 0 Å². The SMILES string of the molecule is Cl.O=C(CC1CCCN1)N1CCN(C2CC2)C(=O)C1. The van der Waals surface area contributed by atoms with Crippen LogP contribution in [0.5, 0.6) is 0 Å². The van der Waals surface area contributed by atoms with Crippen LogP contribution in [0.2, 0.25) is 0 Å². The summed E-state index contributed by atoms with van der Waals surface area (Å²) in [6, 6.07) is 0.806. The van der Waals surface area contributed by atoms with E-state index in [9.17, 15) is 9.59 Å². The highest BCUT2D eigenvalue weighted by Crippen LogP contribution is 2.28. The number of amides is 2. The highest BCUT2D eigenvalue weighted by molar-refractivity contribution is 5.86. The van der Waals surface area contributed by atoms with Crippen molar-refractivity contribution in [3.63, 3.8) is 0 Å². The molecule has 0 aromatic heterocycles. The van der Waals surface area contributed by atoms with Gasteiger partial charge in [0.15, 0.2) is 0 Å². The largest absolute Gasteiger partial charge is 0.336 e. The minimum atomic E-state index is 0. The van der Waals surface area contributed by atoms with Gasteiger partial charge >= 0.3 is 0 Å². The molecule has 0 aromatic rings. The lowest BCUT2D eigenvalue weighted by atomic mass is 10.1. The maximum absolute atomic E-state index is 12.1. The molecule has 1 saturated carbocycles. The van der Waals surface area contributed by atoms with Crippen LogP contribution in [0.4, 0.5) is 0 Å². The van der Waals surface area contributed by atoms with Crippen molar-refractivity contribution < 1.29 is 9.59 Å². The van der Waals surface area contributed by atoms with E-state index in [4.69, 9.17) is 0 Å². The first-order chi connectivity index (χ1) is 8.74. The van der Waals surface area contributed by atoms with Crippen molar-refractivity contribution in [2.75, 3.05) is 26.2 Å². The maximum Gasteiger partial charge on any atom is 0.242 e. The van der Waals surface area contributed by atoms with E-state index in [0.717, 1.165) is 38.8 Å². The first-order valence-corrected chi connectivity index (χ1v) is 7.04. The van der Waals surface area contributed by atoms with E-state index in [1.54, 1.807) is 4.90 Å². The molecule has 5 nitrogen and oxygen atoms in total. The van der Waals surface area contributed by atoms with Gasteiger partial charge in [0.2, 0.25) is 11.8 Å². The second-order valence-electron chi connectivity index (χ2n) is 5.63. The van der Waals surface area contributed by atoms with Gasteiger partial charge in [0.05, 0.1) is 6.54 Å². The first-order valence-electron chi connectivity index (χ1n) is 7.04. The number of hydrogen-bond donors (Lipinski definition) is 1. The van der Waals surface area contributed by atoms with E-state index >= 15 is 0 Å². The number of carbonyl (C=O) groups excluding carboxylic acids is 2. The van der Waals surface area contributed by atoms with Gasteiger partial charge in [-0.2, -0.15) is 0 Å². The van der Waals surface area contributed by atoms with Gasteiger partial charge in [0.1, 0.15) is 0 Å². The monoisotopic (exact) mass is 287 g/mol. The van der Waals surface area contributed by atoms with Crippen LogP contribution in [0.25, 0.3) is 0 Å². The Labute approximate surface area is 120 Å². The molecule has 2 heterocycles. The Hall–Kier alpha value is -0.810. The Morgan fingerprint density at radius 3 is 2.63 bits per heavy atom. The normalized spacial score (nSPS) is 27.4. The highest BCUT2D eigenvalue weighted by atomic mass is 35.5. The topological polar surface area (TPSA) is 52.7 Å². The summed E-state index contributed by atoms with van der Waals surface area (Å²) in [6.07, 6.45) is 5.09.